The summed E-state index contributed by atoms with van der Waals surface area (Å²) in [5, 5.41) is 0. The van der Waals surface area contributed by atoms with E-state index in [1.165, 1.54) is 94.4 Å². The van der Waals surface area contributed by atoms with Crippen LogP contribution in [-0.2, 0) is 85.8 Å². The molecule has 0 spiro atoms. The Labute approximate surface area is 369 Å². The van der Waals surface area contributed by atoms with E-state index in [0.29, 0.717) is 59.5 Å². The van der Waals surface area contributed by atoms with Crippen molar-refractivity contribution < 1.29 is 85.8 Å². The molecule has 0 aliphatic carbocycles. The van der Waals surface area contributed by atoms with Crippen LogP contribution in [0.5, 0.6) is 0 Å². The Morgan fingerprint density at radius 3 is 0.344 bits per heavy atom. The summed E-state index contributed by atoms with van der Waals surface area (Å²) in [6.45, 7) is 37.4. The summed E-state index contributed by atoms with van der Waals surface area (Å²) in [4.78, 5) is 88.4. The normalized spacial score (nSPS) is 7.87. The van der Waals surface area contributed by atoms with E-state index in [2.05, 4.69) is 56.5 Å². The Morgan fingerprint density at radius 1 is 0.213 bits per heavy atom. The molecule has 0 N–H and O–H groups in total. The van der Waals surface area contributed by atoms with E-state index in [1.807, 2.05) is 0 Å². The highest BCUT2D eigenvalue weighted by atomic mass is 16.6. The largest absolute Gasteiger partial charge is 0.466 e. The lowest BCUT2D eigenvalue weighted by Crippen LogP contribution is -1.95. The molecule has 0 aromatic heterocycles. The van der Waals surface area contributed by atoms with Crippen LogP contribution in [-0.4, -0.2) is 113 Å². The van der Waals surface area contributed by atoms with Gasteiger partial charge in [-0.25, -0.2) is 0 Å². The molecule has 0 saturated carbocycles. The molecular weight excluding hydrogens is 804 g/mol. The summed E-state index contributed by atoms with van der Waals surface area (Å²) in [5.41, 5.74) is 0. The average molecular weight is 893 g/mol. The Morgan fingerprint density at radius 2 is 0.311 bits per heavy atom. The standard InChI is InChI=1S/C7H16.9C4H8O2/c1-3-5-7-6-4-2;9*1-3-6-4(2)5/h3-7H2,1-2H3;9*3H2,1-2H3. The Balaban J connectivity index is -0.0000000592. The third-order valence-electron chi connectivity index (χ3n) is 4.34. The molecule has 0 heterocycles. The zero-order chi connectivity index (χ0) is 50.5. The molecule has 0 rings (SSSR count). The van der Waals surface area contributed by atoms with Gasteiger partial charge in [0.2, 0.25) is 0 Å². The number of esters is 9. The minimum Gasteiger partial charge on any atom is -0.466 e. The van der Waals surface area contributed by atoms with Crippen LogP contribution in [0.3, 0.4) is 0 Å². The van der Waals surface area contributed by atoms with E-state index in [9.17, 15) is 43.2 Å². The third kappa shape index (κ3) is 227. The molecule has 0 atom stereocenters. The first kappa shape index (κ1) is 80.3. The number of carbonyl (C=O) groups is 9. The van der Waals surface area contributed by atoms with Crippen LogP contribution in [0.15, 0.2) is 0 Å². The predicted molar refractivity (Wildman–Crippen MR) is 235 cm³/mol. The zero-order valence-electron chi connectivity index (χ0n) is 41.7. The Hall–Kier alpha value is -4.77. The van der Waals surface area contributed by atoms with Gasteiger partial charge < -0.3 is 42.6 Å². The highest BCUT2D eigenvalue weighted by Gasteiger charge is 1.86. The van der Waals surface area contributed by atoms with Gasteiger partial charge in [0.25, 0.3) is 0 Å². The predicted octanol–water partition coefficient (Wildman–Crippen LogP) is 8.10. The lowest BCUT2D eigenvalue weighted by atomic mass is 10.2. The van der Waals surface area contributed by atoms with E-state index >= 15 is 0 Å². The second-order valence-electron chi connectivity index (χ2n) is 10.4. The van der Waals surface area contributed by atoms with Gasteiger partial charge in [-0.05, 0) is 62.3 Å². The van der Waals surface area contributed by atoms with Crippen molar-refractivity contribution in [3.05, 3.63) is 0 Å². The van der Waals surface area contributed by atoms with Crippen LogP contribution < -0.4 is 0 Å². The molecule has 0 amide bonds. The van der Waals surface area contributed by atoms with Crippen LogP contribution in [0.4, 0.5) is 0 Å². The van der Waals surface area contributed by atoms with Crippen LogP contribution in [0.25, 0.3) is 0 Å². The molecule has 0 bridgehead atoms. The summed E-state index contributed by atoms with van der Waals surface area (Å²) in [5.74, 6) is -1.90. The van der Waals surface area contributed by atoms with Gasteiger partial charge in [0, 0.05) is 62.3 Å². The molecule has 18 heteroatoms. The summed E-state index contributed by atoms with van der Waals surface area (Å²) < 4.78 is 39.6. The third-order valence-corrected chi connectivity index (χ3v) is 4.34. The number of hydrogen-bond acceptors (Lipinski definition) is 18. The van der Waals surface area contributed by atoms with Crippen LogP contribution in [0.1, 0.15) is 171 Å². The monoisotopic (exact) mass is 893 g/mol. The van der Waals surface area contributed by atoms with Crippen molar-refractivity contribution in [2.75, 3.05) is 59.5 Å². The molecule has 0 aromatic carbocycles. The molecular formula is C43H88O18. The van der Waals surface area contributed by atoms with Crippen molar-refractivity contribution in [3.8, 4) is 0 Å². The van der Waals surface area contributed by atoms with Gasteiger partial charge in [0.15, 0.2) is 0 Å². The highest BCUT2D eigenvalue weighted by Crippen LogP contribution is 2.00. The molecule has 61 heavy (non-hydrogen) atoms. The number of ether oxygens (including phenoxy) is 9. The maximum atomic E-state index is 9.82. The number of rotatable bonds is 13. The molecule has 0 unspecified atom stereocenters. The Kier molecular flexibility index (Phi) is 104. The first-order valence-corrected chi connectivity index (χ1v) is 20.6. The summed E-state index contributed by atoms with van der Waals surface area (Å²) >= 11 is 0. The fourth-order valence-corrected chi connectivity index (χ4v) is 2.51. The Bertz CT molecular complexity index is 750. The topological polar surface area (TPSA) is 237 Å². The molecule has 0 saturated heterocycles. The van der Waals surface area contributed by atoms with Gasteiger partial charge in [-0.15, -0.1) is 0 Å². The fourth-order valence-electron chi connectivity index (χ4n) is 2.51. The van der Waals surface area contributed by atoms with E-state index in [0.717, 1.165) is 0 Å². The van der Waals surface area contributed by atoms with Crippen molar-refractivity contribution in [1.82, 2.24) is 0 Å². The van der Waals surface area contributed by atoms with E-state index in [4.69, 9.17) is 0 Å². The second kappa shape index (κ2) is 79.4. The van der Waals surface area contributed by atoms with Crippen molar-refractivity contribution in [2.24, 2.45) is 0 Å². The van der Waals surface area contributed by atoms with Crippen molar-refractivity contribution in [1.29, 1.82) is 0 Å². The summed E-state index contributed by atoms with van der Waals surface area (Å²) in [6.07, 6.45) is 7.01. The second-order valence-corrected chi connectivity index (χ2v) is 10.4. The molecule has 368 valence electrons. The molecule has 0 aliphatic heterocycles. The number of hydrogen-bond donors (Lipinski definition) is 0. The van der Waals surface area contributed by atoms with Crippen molar-refractivity contribution in [3.63, 3.8) is 0 Å². The van der Waals surface area contributed by atoms with E-state index in [1.54, 1.807) is 62.3 Å². The molecule has 0 fully saturated rings. The average Bonchev–Trinajstić information content (AvgIpc) is 3.10. The van der Waals surface area contributed by atoms with Gasteiger partial charge in [0.05, 0.1) is 59.5 Å². The smallest absolute Gasteiger partial charge is 0.302 e. The first-order chi connectivity index (χ1) is 28.3. The minimum atomic E-state index is -0.211. The highest BCUT2D eigenvalue weighted by molar-refractivity contribution is 5.68. The summed E-state index contributed by atoms with van der Waals surface area (Å²) in [7, 11) is 0. The number of unbranched alkanes of at least 4 members (excludes halogenated alkanes) is 4. The van der Waals surface area contributed by atoms with Gasteiger partial charge in [-0.2, -0.15) is 0 Å². The van der Waals surface area contributed by atoms with Crippen molar-refractivity contribution >= 4 is 53.7 Å². The molecule has 18 nitrogen and oxygen atoms in total. The quantitative estimate of drug-likeness (QED) is 0.0964. The van der Waals surface area contributed by atoms with Crippen molar-refractivity contribution in [2.45, 2.75) is 171 Å². The maximum Gasteiger partial charge on any atom is 0.302 e. The van der Waals surface area contributed by atoms with E-state index in [-0.39, 0.29) is 53.7 Å². The molecule has 0 aromatic rings. The molecule has 0 radical (unpaired) electrons. The van der Waals surface area contributed by atoms with E-state index < -0.39 is 0 Å². The van der Waals surface area contributed by atoms with Gasteiger partial charge >= 0.3 is 53.7 Å². The first-order valence-electron chi connectivity index (χ1n) is 20.6. The number of carbonyl (C=O) groups excluding carboxylic acids is 9. The fraction of sp³-hybridized carbons (Fsp3) is 0.791. The van der Waals surface area contributed by atoms with Gasteiger partial charge in [-0.1, -0.05) is 46.0 Å². The minimum absolute atomic E-state index is 0.211. The van der Waals surface area contributed by atoms with Crippen LogP contribution in [0, 0.1) is 0 Å². The van der Waals surface area contributed by atoms with Gasteiger partial charge in [0.1, 0.15) is 0 Å². The van der Waals surface area contributed by atoms with Gasteiger partial charge in [-0.3, -0.25) is 43.2 Å². The van der Waals surface area contributed by atoms with Crippen LogP contribution >= 0.6 is 0 Å². The molecule has 0 aliphatic rings. The lowest BCUT2D eigenvalue weighted by Gasteiger charge is -1.90. The zero-order valence-corrected chi connectivity index (χ0v) is 41.7. The lowest BCUT2D eigenvalue weighted by molar-refractivity contribution is -0.141. The maximum absolute atomic E-state index is 9.82. The van der Waals surface area contributed by atoms with Crippen LogP contribution in [0.2, 0.25) is 0 Å². The SMILES string of the molecule is CCCCCCC.CCOC(C)=O.CCOC(C)=O.CCOC(C)=O.CCOC(C)=O.CCOC(C)=O.CCOC(C)=O.CCOC(C)=O.CCOC(C)=O.CCOC(C)=O. The summed E-state index contributed by atoms with van der Waals surface area (Å²) in [6, 6.07) is 0.